The first kappa shape index (κ1) is 16.5. The molecular formula is C15H14ClNO4S. The second-order valence-electron chi connectivity index (χ2n) is 4.55. The Balaban J connectivity index is 2.00. The molecule has 2 rings (SSSR count). The number of benzene rings is 2. The molecule has 0 saturated heterocycles. The fraction of sp³-hybridized carbons (Fsp3) is 0.133. The van der Waals surface area contributed by atoms with E-state index in [9.17, 15) is 13.2 Å². The van der Waals surface area contributed by atoms with Crippen LogP contribution in [0.1, 0.15) is 5.56 Å². The van der Waals surface area contributed by atoms with E-state index in [1.54, 1.807) is 30.3 Å². The molecule has 0 aromatic heterocycles. The molecule has 7 heteroatoms. The van der Waals surface area contributed by atoms with Crippen LogP contribution in [0.3, 0.4) is 0 Å². The van der Waals surface area contributed by atoms with Crippen molar-refractivity contribution < 1.29 is 17.9 Å². The van der Waals surface area contributed by atoms with Crippen molar-refractivity contribution >= 4 is 27.6 Å². The van der Waals surface area contributed by atoms with Crippen LogP contribution in [0.2, 0.25) is 5.02 Å². The van der Waals surface area contributed by atoms with Crippen LogP contribution in [0.15, 0.2) is 53.4 Å². The minimum absolute atomic E-state index is 0.0833. The average Bonchev–Trinajstić information content (AvgIpc) is 2.45. The van der Waals surface area contributed by atoms with Gasteiger partial charge in [0.25, 0.3) is 0 Å². The fourth-order valence-corrected chi connectivity index (χ4v) is 3.23. The van der Waals surface area contributed by atoms with Crippen molar-refractivity contribution in [1.82, 2.24) is 4.72 Å². The summed E-state index contributed by atoms with van der Waals surface area (Å²) >= 11 is 5.84. The van der Waals surface area contributed by atoms with E-state index in [0.29, 0.717) is 5.75 Å². The Bertz CT molecular complexity index is 790. The second kappa shape index (κ2) is 6.91. The first-order valence-corrected chi connectivity index (χ1v) is 8.26. The van der Waals surface area contributed by atoms with Crippen LogP contribution in [-0.4, -0.2) is 20.9 Å². The summed E-state index contributed by atoms with van der Waals surface area (Å²) < 4.78 is 31.3. The molecule has 0 amide bonds. The number of halogens is 1. The van der Waals surface area contributed by atoms with E-state index in [4.69, 9.17) is 16.3 Å². The molecule has 116 valence electrons. The van der Waals surface area contributed by atoms with Gasteiger partial charge in [-0.25, -0.2) is 8.42 Å². The van der Waals surface area contributed by atoms with Crippen LogP contribution in [-0.2, 0) is 14.8 Å². The van der Waals surface area contributed by atoms with Crippen LogP contribution >= 0.6 is 11.6 Å². The maximum atomic E-state index is 12.1. The molecule has 0 saturated carbocycles. The van der Waals surface area contributed by atoms with Gasteiger partial charge < -0.3 is 4.74 Å². The lowest BCUT2D eigenvalue weighted by Crippen LogP contribution is -2.32. The van der Waals surface area contributed by atoms with Gasteiger partial charge in [-0.05, 0) is 36.8 Å². The maximum Gasteiger partial charge on any atom is 0.326 e. The predicted octanol–water partition coefficient (Wildman–Crippen LogP) is 2.53. The molecule has 0 aliphatic carbocycles. The van der Waals surface area contributed by atoms with Crippen molar-refractivity contribution in [2.75, 3.05) is 6.54 Å². The van der Waals surface area contributed by atoms with E-state index in [-0.39, 0.29) is 9.92 Å². The summed E-state index contributed by atoms with van der Waals surface area (Å²) in [5.41, 5.74) is 0.932. The number of carbonyl (C=O) groups excluding carboxylic acids is 1. The number of aryl methyl sites for hydroxylation is 1. The van der Waals surface area contributed by atoms with Crippen molar-refractivity contribution in [2.45, 2.75) is 11.8 Å². The number of hydrogen-bond acceptors (Lipinski definition) is 4. The van der Waals surface area contributed by atoms with E-state index in [2.05, 4.69) is 4.72 Å². The SMILES string of the molecule is Cc1cccc(OC(=O)CNS(=O)(=O)c2ccccc2Cl)c1. The van der Waals surface area contributed by atoms with Crippen LogP contribution in [0.25, 0.3) is 0 Å². The molecule has 0 radical (unpaired) electrons. The van der Waals surface area contributed by atoms with Gasteiger partial charge in [0.1, 0.15) is 17.2 Å². The summed E-state index contributed by atoms with van der Waals surface area (Å²) in [6.45, 7) is 1.37. The zero-order chi connectivity index (χ0) is 16.2. The lowest BCUT2D eigenvalue weighted by atomic mass is 10.2. The topological polar surface area (TPSA) is 72.5 Å². The highest BCUT2D eigenvalue weighted by atomic mass is 35.5. The molecule has 2 aromatic rings. The molecule has 0 aliphatic rings. The van der Waals surface area contributed by atoms with Crippen LogP contribution < -0.4 is 9.46 Å². The number of esters is 1. The lowest BCUT2D eigenvalue weighted by molar-refractivity contribution is -0.133. The van der Waals surface area contributed by atoms with Crippen LogP contribution in [0.4, 0.5) is 0 Å². The van der Waals surface area contributed by atoms with E-state index in [0.717, 1.165) is 5.56 Å². The van der Waals surface area contributed by atoms with E-state index < -0.39 is 22.5 Å². The molecule has 0 aliphatic heterocycles. The Kier molecular flexibility index (Phi) is 5.18. The third-order valence-corrected chi connectivity index (χ3v) is 4.65. The van der Waals surface area contributed by atoms with Gasteiger partial charge >= 0.3 is 5.97 Å². The second-order valence-corrected chi connectivity index (χ2v) is 6.69. The zero-order valence-corrected chi connectivity index (χ0v) is 13.3. The molecule has 2 aromatic carbocycles. The van der Waals surface area contributed by atoms with Gasteiger partial charge in [0.15, 0.2) is 0 Å². The van der Waals surface area contributed by atoms with Gasteiger partial charge in [0, 0.05) is 0 Å². The number of ether oxygens (including phenoxy) is 1. The first-order chi connectivity index (χ1) is 10.4. The average molecular weight is 340 g/mol. The monoisotopic (exact) mass is 339 g/mol. The van der Waals surface area contributed by atoms with Crippen molar-refractivity contribution in [1.29, 1.82) is 0 Å². The molecule has 0 unspecified atom stereocenters. The van der Waals surface area contributed by atoms with Gasteiger partial charge in [-0.1, -0.05) is 35.9 Å². The molecular weight excluding hydrogens is 326 g/mol. The Hall–Kier alpha value is -1.89. The smallest absolute Gasteiger partial charge is 0.326 e. The minimum Gasteiger partial charge on any atom is -0.426 e. The summed E-state index contributed by atoms with van der Waals surface area (Å²) in [7, 11) is -3.87. The zero-order valence-electron chi connectivity index (χ0n) is 11.7. The van der Waals surface area contributed by atoms with Crippen LogP contribution in [0.5, 0.6) is 5.75 Å². The van der Waals surface area contributed by atoms with Gasteiger partial charge in [-0.3, -0.25) is 4.79 Å². The molecule has 0 heterocycles. The fourth-order valence-electron chi connectivity index (χ4n) is 1.74. The first-order valence-electron chi connectivity index (χ1n) is 6.40. The molecule has 1 N–H and O–H groups in total. The van der Waals surface area contributed by atoms with Gasteiger partial charge in [-0.15, -0.1) is 0 Å². The van der Waals surface area contributed by atoms with Crippen LogP contribution in [0, 0.1) is 6.92 Å². The normalized spacial score (nSPS) is 11.2. The van der Waals surface area contributed by atoms with Crippen molar-refractivity contribution in [3.05, 3.63) is 59.1 Å². The quantitative estimate of drug-likeness (QED) is 0.671. The predicted molar refractivity (Wildman–Crippen MR) is 83.5 cm³/mol. The van der Waals surface area contributed by atoms with Gasteiger partial charge in [0.05, 0.1) is 5.02 Å². The largest absolute Gasteiger partial charge is 0.426 e. The molecule has 0 fully saturated rings. The van der Waals surface area contributed by atoms with Crippen molar-refractivity contribution in [3.8, 4) is 5.75 Å². The van der Waals surface area contributed by atoms with Crippen molar-refractivity contribution in [3.63, 3.8) is 0 Å². The number of nitrogens with one attached hydrogen (secondary N) is 1. The standard InChI is InChI=1S/C15H14ClNO4S/c1-11-5-4-6-12(9-11)21-15(18)10-17-22(19,20)14-8-3-2-7-13(14)16/h2-9,17H,10H2,1H3. The summed E-state index contributed by atoms with van der Waals surface area (Å²) in [6, 6.07) is 12.9. The maximum absolute atomic E-state index is 12.1. The van der Waals surface area contributed by atoms with Crippen molar-refractivity contribution in [2.24, 2.45) is 0 Å². The Morgan fingerprint density at radius 3 is 2.59 bits per heavy atom. The van der Waals surface area contributed by atoms with E-state index in [1.165, 1.54) is 12.1 Å². The molecule has 5 nitrogen and oxygen atoms in total. The summed E-state index contributed by atoms with van der Waals surface area (Å²) in [5, 5.41) is 0.0852. The lowest BCUT2D eigenvalue weighted by Gasteiger charge is -2.08. The number of hydrogen-bond donors (Lipinski definition) is 1. The number of carbonyl (C=O) groups is 1. The van der Waals surface area contributed by atoms with E-state index in [1.807, 2.05) is 13.0 Å². The highest BCUT2D eigenvalue weighted by Gasteiger charge is 2.19. The molecule has 0 spiro atoms. The number of sulfonamides is 1. The van der Waals surface area contributed by atoms with Gasteiger partial charge in [-0.2, -0.15) is 4.72 Å². The Morgan fingerprint density at radius 1 is 1.18 bits per heavy atom. The highest BCUT2D eigenvalue weighted by Crippen LogP contribution is 2.20. The highest BCUT2D eigenvalue weighted by molar-refractivity contribution is 7.89. The van der Waals surface area contributed by atoms with E-state index >= 15 is 0 Å². The molecule has 0 atom stereocenters. The summed E-state index contributed by atoms with van der Waals surface area (Å²) in [5.74, 6) is -0.344. The molecule has 22 heavy (non-hydrogen) atoms. The minimum atomic E-state index is -3.87. The Morgan fingerprint density at radius 2 is 1.91 bits per heavy atom. The van der Waals surface area contributed by atoms with Gasteiger partial charge in [0.2, 0.25) is 10.0 Å². The summed E-state index contributed by atoms with van der Waals surface area (Å²) in [6.07, 6.45) is 0. The Labute approximate surface area is 133 Å². The third kappa shape index (κ3) is 4.30. The summed E-state index contributed by atoms with van der Waals surface area (Å²) in [4.78, 5) is 11.6. The number of rotatable bonds is 5. The third-order valence-electron chi connectivity index (χ3n) is 2.75. The molecule has 0 bridgehead atoms.